The van der Waals surface area contributed by atoms with E-state index in [1.165, 1.54) is 24.0 Å². The van der Waals surface area contributed by atoms with Crippen molar-refractivity contribution in [3.8, 4) is 11.1 Å². The molecule has 0 aliphatic carbocycles. The van der Waals surface area contributed by atoms with E-state index in [-0.39, 0.29) is 11.1 Å². The quantitative estimate of drug-likeness (QED) is 0.543. The Bertz CT molecular complexity index is 988. The maximum absolute atomic E-state index is 14.7. The number of hydrogen-bond acceptors (Lipinski definition) is 3. The fourth-order valence-electron chi connectivity index (χ4n) is 2.59. The Morgan fingerprint density at radius 2 is 1.92 bits per heavy atom. The van der Waals surface area contributed by atoms with Gasteiger partial charge in [-0.1, -0.05) is 11.6 Å². The highest BCUT2D eigenvalue weighted by Crippen LogP contribution is 2.42. The van der Waals surface area contributed by atoms with Gasteiger partial charge >= 0.3 is 5.97 Å². The number of aryl methyl sites for hydroxylation is 1. The summed E-state index contributed by atoms with van der Waals surface area (Å²) < 4.78 is 44.6. The lowest BCUT2D eigenvalue weighted by Gasteiger charge is -2.14. The highest BCUT2D eigenvalue weighted by Gasteiger charge is 2.29. The lowest BCUT2D eigenvalue weighted by atomic mass is 9.98. The van der Waals surface area contributed by atoms with Crippen molar-refractivity contribution in [1.29, 1.82) is 0 Å². The fourth-order valence-corrected chi connectivity index (χ4v) is 2.86. The normalized spacial score (nSPS) is 11.2. The van der Waals surface area contributed by atoms with Crippen LogP contribution in [0.5, 0.6) is 0 Å². The van der Waals surface area contributed by atoms with Crippen LogP contribution in [-0.2, 0) is 7.05 Å². The molecule has 3 rings (SSSR count). The van der Waals surface area contributed by atoms with Crippen molar-refractivity contribution in [2.75, 3.05) is 5.73 Å². The average molecular weight is 356 g/mol. The highest BCUT2D eigenvalue weighted by molar-refractivity contribution is 6.34. The topological polar surface area (TPSA) is 81.1 Å². The van der Waals surface area contributed by atoms with Crippen LogP contribution in [-0.4, -0.2) is 20.9 Å². The maximum atomic E-state index is 14.7. The Hall–Kier alpha value is -2.74. The second-order valence-electron chi connectivity index (χ2n) is 5.04. The number of halogens is 4. The number of benzene rings is 2. The number of carboxylic acid groups (broad SMARTS) is 1. The first-order chi connectivity index (χ1) is 11.3. The van der Waals surface area contributed by atoms with Crippen LogP contribution in [0.4, 0.5) is 18.9 Å². The number of anilines is 1. The van der Waals surface area contributed by atoms with E-state index in [0.717, 1.165) is 6.07 Å². The molecule has 3 aromatic rings. The number of nitrogen functional groups attached to an aromatic ring is 1. The molecule has 1 aromatic heterocycles. The number of carbonyl (C=O) groups is 1. The van der Waals surface area contributed by atoms with Crippen molar-refractivity contribution >= 4 is 34.2 Å². The predicted molar refractivity (Wildman–Crippen MR) is 82.4 cm³/mol. The molecule has 2 aromatic carbocycles. The molecule has 0 saturated heterocycles. The van der Waals surface area contributed by atoms with Crippen LogP contribution in [0.3, 0.4) is 0 Å². The minimum Gasteiger partial charge on any atom is -0.478 e. The first-order valence-corrected chi connectivity index (χ1v) is 6.93. The van der Waals surface area contributed by atoms with Crippen molar-refractivity contribution in [2.45, 2.75) is 0 Å². The van der Waals surface area contributed by atoms with Gasteiger partial charge in [-0.25, -0.2) is 18.0 Å². The lowest BCUT2D eigenvalue weighted by molar-refractivity contribution is 0.0692. The Morgan fingerprint density at radius 3 is 2.54 bits per heavy atom. The molecule has 0 spiro atoms. The van der Waals surface area contributed by atoms with Gasteiger partial charge in [0.25, 0.3) is 0 Å². The van der Waals surface area contributed by atoms with E-state index in [2.05, 4.69) is 5.10 Å². The minimum atomic E-state index is -1.78. The summed E-state index contributed by atoms with van der Waals surface area (Å²) in [5.74, 6) is -5.41. The van der Waals surface area contributed by atoms with Crippen LogP contribution in [0.15, 0.2) is 18.3 Å². The van der Waals surface area contributed by atoms with Crippen LogP contribution in [0.2, 0.25) is 5.02 Å². The van der Waals surface area contributed by atoms with Gasteiger partial charge in [0.15, 0.2) is 11.6 Å². The maximum Gasteiger partial charge on any atom is 0.340 e. The molecule has 5 nitrogen and oxygen atoms in total. The first-order valence-electron chi connectivity index (χ1n) is 6.55. The van der Waals surface area contributed by atoms with Gasteiger partial charge in [0.05, 0.1) is 22.4 Å². The van der Waals surface area contributed by atoms with Gasteiger partial charge in [-0.05, 0) is 12.1 Å². The zero-order chi connectivity index (χ0) is 17.8. The number of nitrogens with two attached hydrogens (primary N) is 1. The van der Waals surface area contributed by atoms with E-state index in [0.29, 0.717) is 5.39 Å². The van der Waals surface area contributed by atoms with Gasteiger partial charge < -0.3 is 10.8 Å². The molecular formula is C15H9ClF3N3O2. The van der Waals surface area contributed by atoms with E-state index in [4.69, 9.17) is 22.4 Å². The number of fused-ring (bicyclic) bond motifs is 1. The molecule has 24 heavy (non-hydrogen) atoms. The Balaban J connectivity index is 2.51. The summed E-state index contributed by atoms with van der Waals surface area (Å²) in [4.78, 5) is 11.1. The number of rotatable bonds is 2. The molecule has 0 radical (unpaired) electrons. The third-order valence-electron chi connectivity index (χ3n) is 3.67. The number of aromatic carboxylic acids is 1. The molecule has 0 saturated carbocycles. The van der Waals surface area contributed by atoms with Crippen molar-refractivity contribution in [2.24, 2.45) is 7.05 Å². The van der Waals surface area contributed by atoms with Crippen molar-refractivity contribution in [1.82, 2.24) is 9.78 Å². The molecule has 9 heteroatoms. The fraction of sp³-hybridized carbons (Fsp3) is 0.0667. The standard InChI is InChI=1S/C15H9ClF3N3O2/c1-22-14-5(4-21-22)2-3-6(17)7(14)8-10(16)11(18)9(15(23)24)13(20)12(8)19/h2-4H,20H2,1H3,(H,23,24). The van der Waals surface area contributed by atoms with Crippen LogP contribution < -0.4 is 5.73 Å². The third-order valence-corrected chi connectivity index (χ3v) is 4.03. The smallest absolute Gasteiger partial charge is 0.340 e. The summed E-state index contributed by atoms with van der Waals surface area (Å²) in [6.45, 7) is 0. The van der Waals surface area contributed by atoms with Gasteiger partial charge in [0, 0.05) is 23.6 Å². The van der Waals surface area contributed by atoms with E-state index < -0.39 is 45.3 Å². The molecule has 0 aliphatic heterocycles. The molecule has 3 N–H and O–H groups in total. The summed E-state index contributed by atoms with van der Waals surface area (Å²) in [5.41, 5.74) is 2.51. The monoisotopic (exact) mass is 355 g/mol. The average Bonchev–Trinajstić information content (AvgIpc) is 2.89. The third kappa shape index (κ3) is 2.10. The largest absolute Gasteiger partial charge is 0.478 e. The van der Waals surface area contributed by atoms with Crippen molar-refractivity contribution in [3.63, 3.8) is 0 Å². The number of aromatic nitrogens is 2. The molecule has 0 unspecified atom stereocenters. The molecule has 0 aliphatic rings. The molecule has 0 fully saturated rings. The van der Waals surface area contributed by atoms with Gasteiger partial charge in [0.2, 0.25) is 0 Å². The van der Waals surface area contributed by atoms with E-state index in [9.17, 15) is 18.0 Å². The van der Waals surface area contributed by atoms with Gasteiger partial charge in [-0.2, -0.15) is 5.10 Å². The van der Waals surface area contributed by atoms with Gasteiger partial charge in [0.1, 0.15) is 11.4 Å². The molecule has 0 bridgehead atoms. The summed E-state index contributed by atoms with van der Waals surface area (Å²) in [6, 6.07) is 2.46. The van der Waals surface area contributed by atoms with Crippen LogP contribution in [0.1, 0.15) is 10.4 Å². The molecular weight excluding hydrogens is 347 g/mol. The summed E-state index contributed by atoms with van der Waals surface area (Å²) >= 11 is 5.82. The van der Waals surface area contributed by atoms with Gasteiger partial charge in [-0.3, -0.25) is 4.68 Å². The number of hydrogen-bond donors (Lipinski definition) is 2. The van der Waals surface area contributed by atoms with E-state index in [1.807, 2.05) is 0 Å². The minimum absolute atomic E-state index is 0.165. The summed E-state index contributed by atoms with van der Waals surface area (Å²) in [6.07, 6.45) is 1.41. The van der Waals surface area contributed by atoms with Crippen LogP contribution >= 0.6 is 11.6 Å². The second-order valence-corrected chi connectivity index (χ2v) is 5.42. The SMILES string of the molecule is Cn1ncc2ccc(F)c(-c3c(F)c(N)c(C(=O)O)c(F)c3Cl)c21. The van der Waals surface area contributed by atoms with E-state index >= 15 is 0 Å². The van der Waals surface area contributed by atoms with Crippen LogP contribution in [0, 0.1) is 17.5 Å². The van der Waals surface area contributed by atoms with Crippen molar-refractivity contribution < 1.29 is 23.1 Å². The lowest BCUT2D eigenvalue weighted by Crippen LogP contribution is -2.11. The molecule has 124 valence electrons. The summed E-state index contributed by atoms with van der Waals surface area (Å²) in [5, 5.41) is 12.5. The predicted octanol–water partition coefficient (Wildman–Crippen LogP) is 3.59. The Labute approximate surface area is 138 Å². The zero-order valence-corrected chi connectivity index (χ0v) is 12.8. The van der Waals surface area contributed by atoms with Gasteiger partial charge in [-0.15, -0.1) is 0 Å². The Morgan fingerprint density at radius 1 is 1.25 bits per heavy atom. The summed E-state index contributed by atoms with van der Waals surface area (Å²) in [7, 11) is 1.49. The Kier molecular flexibility index (Phi) is 3.64. The molecule has 0 amide bonds. The second kappa shape index (κ2) is 5.41. The van der Waals surface area contributed by atoms with Crippen LogP contribution in [0.25, 0.3) is 22.0 Å². The molecule has 1 heterocycles. The number of carboxylic acids is 1. The number of nitrogens with zero attached hydrogens (tertiary/aromatic N) is 2. The van der Waals surface area contributed by atoms with Crippen molar-refractivity contribution in [3.05, 3.63) is 46.4 Å². The zero-order valence-electron chi connectivity index (χ0n) is 12.1. The first kappa shape index (κ1) is 16.1. The van der Waals surface area contributed by atoms with E-state index in [1.54, 1.807) is 0 Å². The highest BCUT2D eigenvalue weighted by atomic mass is 35.5. The molecule has 0 atom stereocenters.